The highest BCUT2D eigenvalue weighted by atomic mass is 35.5. The third-order valence-electron chi connectivity index (χ3n) is 4.07. The Balaban J connectivity index is 1.87. The average Bonchev–Trinajstić information content (AvgIpc) is 3.23. The van der Waals surface area contributed by atoms with E-state index in [1.165, 1.54) is 15.3 Å². The molecule has 8 heteroatoms. The number of para-hydroxylation sites is 1. The molecule has 1 saturated heterocycles. The molecule has 0 aliphatic carbocycles. The fourth-order valence-corrected chi connectivity index (χ4v) is 6.09. The van der Waals surface area contributed by atoms with Gasteiger partial charge in [-0.2, -0.15) is 4.31 Å². The molecule has 0 N–H and O–H groups in total. The monoisotopic (exact) mass is 384 g/mol. The fraction of sp³-hybridized carbons (Fsp3) is 0.312. The van der Waals surface area contributed by atoms with Crippen molar-refractivity contribution in [3.05, 3.63) is 46.8 Å². The normalized spacial score (nSPS) is 18.7. The lowest BCUT2D eigenvalue weighted by Crippen LogP contribution is -2.46. The van der Waals surface area contributed by atoms with Crippen molar-refractivity contribution < 1.29 is 13.2 Å². The van der Waals surface area contributed by atoms with Crippen LogP contribution in [0.1, 0.15) is 12.8 Å². The molecule has 128 valence electrons. The number of rotatable bonds is 4. The zero-order valence-electron chi connectivity index (χ0n) is 13.1. The first-order valence-electron chi connectivity index (χ1n) is 7.51. The summed E-state index contributed by atoms with van der Waals surface area (Å²) in [6.07, 6.45) is 1.19. The highest BCUT2D eigenvalue weighted by molar-refractivity contribution is 7.91. The van der Waals surface area contributed by atoms with Gasteiger partial charge in [-0.25, -0.2) is 8.42 Å². The Morgan fingerprint density at radius 1 is 1.25 bits per heavy atom. The minimum atomic E-state index is -3.71. The number of sulfonamides is 1. The van der Waals surface area contributed by atoms with E-state index in [0.717, 1.165) is 17.0 Å². The van der Waals surface area contributed by atoms with Crippen LogP contribution in [-0.2, 0) is 14.8 Å². The van der Waals surface area contributed by atoms with E-state index in [1.54, 1.807) is 13.1 Å². The van der Waals surface area contributed by atoms with Gasteiger partial charge < -0.3 is 4.90 Å². The average molecular weight is 385 g/mol. The van der Waals surface area contributed by atoms with Gasteiger partial charge in [0.2, 0.25) is 5.91 Å². The molecule has 1 aromatic carbocycles. The van der Waals surface area contributed by atoms with E-state index in [0.29, 0.717) is 23.7 Å². The Morgan fingerprint density at radius 3 is 2.58 bits per heavy atom. The maximum atomic E-state index is 12.8. The van der Waals surface area contributed by atoms with Crippen molar-refractivity contribution in [2.45, 2.75) is 23.1 Å². The molecule has 0 spiro atoms. The maximum Gasteiger partial charge on any atom is 0.253 e. The summed E-state index contributed by atoms with van der Waals surface area (Å²) in [7, 11) is -2.04. The molecule has 1 atom stereocenters. The molecule has 1 amide bonds. The first kappa shape index (κ1) is 17.4. The highest BCUT2D eigenvalue weighted by Crippen LogP contribution is 2.33. The second-order valence-corrected chi connectivity index (χ2v) is 9.40. The number of anilines is 1. The van der Waals surface area contributed by atoms with Crippen LogP contribution in [0.15, 0.2) is 46.7 Å². The van der Waals surface area contributed by atoms with Gasteiger partial charge in [-0.3, -0.25) is 4.79 Å². The molecule has 0 saturated carbocycles. The number of nitrogens with zero attached hydrogens (tertiary/aromatic N) is 2. The molecule has 2 aromatic rings. The standard InChI is InChI=1S/C16H17ClN2O3S2/c1-18(12-6-3-2-4-7-12)16(20)13-8-5-11-19(13)24(21,22)15-10-9-14(17)23-15/h2-4,6-7,9-10,13H,5,8,11H2,1H3/t13-/m1/s1. The number of thiophene rings is 1. The summed E-state index contributed by atoms with van der Waals surface area (Å²) in [4.78, 5) is 14.4. The van der Waals surface area contributed by atoms with Crippen molar-refractivity contribution in [3.63, 3.8) is 0 Å². The summed E-state index contributed by atoms with van der Waals surface area (Å²) in [5, 5.41) is 0. The summed E-state index contributed by atoms with van der Waals surface area (Å²) >= 11 is 6.87. The molecule has 2 heterocycles. The maximum absolute atomic E-state index is 12.8. The molecule has 0 unspecified atom stereocenters. The summed E-state index contributed by atoms with van der Waals surface area (Å²) in [5.74, 6) is -0.218. The van der Waals surface area contributed by atoms with Gasteiger partial charge in [0.15, 0.2) is 0 Å². The molecular formula is C16H17ClN2O3S2. The third kappa shape index (κ3) is 3.21. The summed E-state index contributed by atoms with van der Waals surface area (Å²) in [5.41, 5.74) is 0.742. The van der Waals surface area contributed by atoms with Crippen LogP contribution < -0.4 is 4.90 Å². The molecule has 5 nitrogen and oxygen atoms in total. The van der Waals surface area contributed by atoms with E-state index < -0.39 is 16.1 Å². The number of halogens is 1. The van der Waals surface area contributed by atoms with E-state index in [1.807, 2.05) is 30.3 Å². The van der Waals surface area contributed by atoms with Crippen molar-refractivity contribution in [2.75, 3.05) is 18.5 Å². The van der Waals surface area contributed by atoms with Crippen LogP contribution in [0.3, 0.4) is 0 Å². The summed E-state index contributed by atoms with van der Waals surface area (Å²) < 4.78 is 27.5. The van der Waals surface area contributed by atoms with E-state index in [-0.39, 0.29) is 10.1 Å². The molecule has 0 radical (unpaired) electrons. The third-order valence-corrected chi connectivity index (χ3v) is 7.68. The molecule has 0 bridgehead atoms. The number of hydrogen-bond acceptors (Lipinski definition) is 4. The zero-order chi connectivity index (χ0) is 17.3. The van der Waals surface area contributed by atoms with Gasteiger partial charge in [0.05, 0.1) is 4.34 Å². The number of likely N-dealkylation sites (N-methyl/N-ethyl adjacent to an activating group) is 1. The van der Waals surface area contributed by atoms with Gasteiger partial charge in [0.25, 0.3) is 10.0 Å². The minimum Gasteiger partial charge on any atom is -0.314 e. The van der Waals surface area contributed by atoms with Crippen LogP contribution in [0.25, 0.3) is 0 Å². The topological polar surface area (TPSA) is 57.7 Å². The molecule has 1 aromatic heterocycles. The number of carbonyl (C=O) groups is 1. The lowest BCUT2D eigenvalue weighted by Gasteiger charge is -2.27. The van der Waals surface area contributed by atoms with Crippen LogP contribution >= 0.6 is 22.9 Å². The molecule has 3 rings (SSSR count). The molecule has 1 aliphatic rings. The second kappa shape index (κ2) is 6.84. The van der Waals surface area contributed by atoms with E-state index in [9.17, 15) is 13.2 Å². The Bertz CT molecular complexity index is 836. The van der Waals surface area contributed by atoms with Crippen LogP contribution in [0.4, 0.5) is 5.69 Å². The van der Waals surface area contributed by atoms with Crippen LogP contribution in [0.5, 0.6) is 0 Å². The van der Waals surface area contributed by atoms with Gasteiger partial charge in [-0.1, -0.05) is 29.8 Å². The first-order chi connectivity index (χ1) is 11.4. The lowest BCUT2D eigenvalue weighted by atomic mass is 10.2. The van der Waals surface area contributed by atoms with Gasteiger partial charge in [0.1, 0.15) is 10.3 Å². The van der Waals surface area contributed by atoms with Crippen LogP contribution in [0.2, 0.25) is 4.34 Å². The molecule has 1 aliphatic heterocycles. The van der Waals surface area contributed by atoms with E-state index >= 15 is 0 Å². The zero-order valence-corrected chi connectivity index (χ0v) is 15.4. The predicted molar refractivity (Wildman–Crippen MR) is 96.1 cm³/mol. The quantitative estimate of drug-likeness (QED) is 0.813. The second-order valence-electron chi connectivity index (χ2n) is 5.57. The van der Waals surface area contributed by atoms with Crippen molar-refractivity contribution in [1.29, 1.82) is 0 Å². The smallest absolute Gasteiger partial charge is 0.253 e. The lowest BCUT2D eigenvalue weighted by molar-refractivity contribution is -0.121. The minimum absolute atomic E-state index is 0.176. The first-order valence-corrected chi connectivity index (χ1v) is 10.1. The highest BCUT2D eigenvalue weighted by Gasteiger charge is 2.41. The predicted octanol–water partition coefficient (Wildman–Crippen LogP) is 3.22. The Morgan fingerprint density at radius 2 is 1.96 bits per heavy atom. The van der Waals surface area contributed by atoms with Gasteiger partial charge in [-0.15, -0.1) is 11.3 Å². The SMILES string of the molecule is CN(C(=O)[C@H]1CCCN1S(=O)(=O)c1ccc(Cl)s1)c1ccccc1. The number of amides is 1. The van der Waals surface area contributed by atoms with Gasteiger partial charge in [-0.05, 0) is 37.1 Å². The molecule has 24 heavy (non-hydrogen) atoms. The van der Waals surface area contributed by atoms with E-state index in [2.05, 4.69) is 0 Å². The fourth-order valence-electron chi connectivity index (χ4n) is 2.83. The van der Waals surface area contributed by atoms with Crippen LogP contribution in [0, 0.1) is 0 Å². The Hall–Kier alpha value is -1.41. The van der Waals surface area contributed by atoms with Crippen molar-refractivity contribution in [3.8, 4) is 0 Å². The molecule has 1 fully saturated rings. The van der Waals surface area contributed by atoms with Gasteiger partial charge >= 0.3 is 0 Å². The largest absolute Gasteiger partial charge is 0.314 e. The van der Waals surface area contributed by atoms with Crippen molar-refractivity contribution >= 4 is 44.6 Å². The summed E-state index contributed by atoms with van der Waals surface area (Å²) in [6, 6.07) is 11.6. The number of hydrogen-bond donors (Lipinski definition) is 0. The number of carbonyl (C=O) groups excluding carboxylic acids is 1. The Labute approximate surface area is 150 Å². The van der Waals surface area contributed by atoms with Crippen LogP contribution in [-0.4, -0.2) is 38.3 Å². The Kier molecular flexibility index (Phi) is 4.96. The van der Waals surface area contributed by atoms with E-state index in [4.69, 9.17) is 11.6 Å². The van der Waals surface area contributed by atoms with Crippen molar-refractivity contribution in [2.24, 2.45) is 0 Å². The van der Waals surface area contributed by atoms with Crippen molar-refractivity contribution in [1.82, 2.24) is 4.31 Å². The summed E-state index contributed by atoms with van der Waals surface area (Å²) in [6.45, 7) is 0.344. The van der Waals surface area contributed by atoms with Gasteiger partial charge in [0, 0.05) is 19.3 Å². The number of benzene rings is 1. The molecular weight excluding hydrogens is 368 g/mol.